The summed E-state index contributed by atoms with van der Waals surface area (Å²) in [6, 6.07) is 9.87. The number of nitrogen functional groups attached to an aromatic ring is 1. The summed E-state index contributed by atoms with van der Waals surface area (Å²) in [7, 11) is 0. The molecule has 0 bridgehead atoms. The Morgan fingerprint density at radius 1 is 1.02 bits per heavy atom. The van der Waals surface area contributed by atoms with Crippen LogP contribution in [0.4, 0.5) is 29.3 Å². The van der Waals surface area contributed by atoms with Crippen LogP contribution in [0.5, 0.6) is 0 Å². The summed E-state index contributed by atoms with van der Waals surface area (Å²) in [4.78, 5) is 45.9. The molecule has 0 spiro atoms. The number of piperidine rings is 2. The Hall–Kier alpha value is -3.47. The molecule has 0 saturated carbocycles. The molecule has 3 aliphatic rings. The second-order valence-corrected chi connectivity index (χ2v) is 13.2. The number of hydrogen-bond donors (Lipinski definition) is 2. The van der Waals surface area contributed by atoms with Crippen LogP contribution in [-0.4, -0.2) is 71.3 Å². The van der Waals surface area contributed by atoms with E-state index in [4.69, 9.17) is 17.3 Å². The monoisotopic (exact) mass is 661 g/mol. The van der Waals surface area contributed by atoms with Crippen LogP contribution >= 0.6 is 11.6 Å². The number of nitrogens with zero attached hydrogens (tertiary/aromatic N) is 3. The number of fused-ring (bicyclic) bond motifs is 1. The van der Waals surface area contributed by atoms with E-state index < -0.39 is 23.3 Å². The molecule has 3 heterocycles. The normalized spacial score (nSPS) is 19.0. The number of urea groups is 1. The summed E-state index contributed by atoms with van der Waals surface area (Å²) >= 11 is 6.11. The van der Waals surface area contributed by atoms with E-state index in [1.54, 1.807) is 9.80 Å². The van der Waals surface area contributed by atoms with Crippen molar-refractivity contribution in [1.82, 2.24) is 14.7 Å². The number of nitrogens with one attached hydrogen (secondary N) is 1. The molecule has 12 heteroatoms. The molecule has 4 amide bonds. The van der Waals surface area contributed by atoms with Crippen LogP contribution in [-0.2, 0) is 28.6 Å². The van der Waals surface area contributed by atoms with Crippen molar-refractivity contribution < 1.29 is 27.6 Å². The summed E-state index contributed by atoms with van der Waals surface area (Å²) in [6.07, 6.45) is 0.940. The van der Waals surface area contributed by atoms with Crippen LogP contribution in [0.1, 0.15) is 68.6 Å². The molecule has 2 aromatic rings. The molecule has 2 fully saturated rings. The molecule has 0 unspecified atom stereocenters. The van der Waals surface area contributed by atoms with Crippen molar-refractivity contribution in [2.24, 2.45) is 11.8 Å². The molecule has 0 radical (unpaired) electrons. The third-order valence-corrected chi connectivity index (χ3v) is 10.1. The van der Waals surface area contributed by atoms with E-state index in [0.717, 1.165) is 49.4 Å². The first kappa shape index (κ1) is 33.9. The second kappa shape index (κ2) is 14.5. The first-order valence-corrected chi connectivity index (χ1v) is 16.7. The Bertz CT molecular complexity index is 1420. The minimum Gasteiger partial charge on any atom is -0.397 e. The van der Waals surface area contributed by atoms with Crippen LogP contribution in [0.15, 0.2) is 36.4 Å². The van der Waals surface area contributed by atoms with Crippen molar-refractivity contribution >= 4 is 40.8 Å². The van der Waals surface area contributed by atoms with E-state index in [0.29, 0.717) is 51.5 Å². The summed E-state index contributed by atoms with van der Waals surface area (Å²) in [5, 5.41) is 2.77. The third kappa shape index (κ3) is 7.90. The molecule has 5 rings (SSSR count). The van der Waals surface area contributed by atoms with E-state index >= 15 is 0 Å². The quantitative estimate of drug-likeness (QED) is 0.311. The number of amides is 4. The maximum absolute atomic E-state index is 13.9. The lowest BCUT2D eigenvalue weighted by atomic mass is 9.89. The number of carbonyl (C=O) groups excluding carboxylic acids is 3. The highest BCUT2D eigenvalue weighted by molar-refractivity contribution is 6.33. The van der Waals surface area contributed by atoms with Gasteiger partial charge in [0.1, 0.15) is 0 Å². The molecule has 0 aliphatic carbocycles. The Balaban J connectivity index is 1.26. The molecule has 3 N–H and O–H groups in total. The molecule has 0 aromatic heterocycles. The number of para-hydroxylation sites is 1. The van der Waals surface area contributed by atoms with Crippen LogP contribution in [0.25, 0.3) is 0 Å². The molecule has 250 valence electrons. The molecule has 1 atom stereocenters. The number of nitrogens with two attached hydrogens (primary N) is 1. The fraction of sp³-hybridized carbons (Fsp3) is 0.559. The molecule has 2 saturated heterocycles. The zero-order valence-corrected chi connectivity index (χ0v) is 27.0. The van der Waals surface area contributed by atoms with Gasteiger partial charge in [-0.25, -0.2) is 4.79 Å². The van der Waals surface area contributed by atoms with Gasteiger partial charge in [0.25, 0.3) is 0 Å². The van der Waals surface area contributed by atoms with Crippen molar-refractivity contribution in [3.05, 3.63) is 58.1 Å². The molecular formula is C34H43ClF3N5O3. The lowest BCUT2D eigenvalue weighted by molar-refractivity contribution is -0.143. The van der Waals surface area contributed by atoms with E-state index in [-0.39, 0.29) is 47.3 Å². The van der Waals surface area contributed by atoms with Gasteiger partial charge in [0.2, 0.25) is 11.8 Å². The fourth-order valence-corrected chi connectivity index (χ4v) is 7.41. The highest BCUT2D eigenvalue weighted by Crippen LogP contribution is 2.38. The molecule has 46 heavy (non-hydrogen) atoms. The van der Waals surface area contributed by atoms with Gasteiger partial charge in [-0.05, 0) is 73.8 Å². The lowest BCUT2D eigenvalue weighted by Gasteiger charge is -2.38. The number of rotatable bonds is 8. The average Bonchev–Trinajstić information content (AvgIpc) is 3.20. The average molecular weight is 662 g/mol. The minimum atomic E-state index is -4.71. The van der Waals surface area contributed by atoms with Crippen LogP contribution < -0.4 is 11.1 Å². The van der Waals surface area contributed by atoms with Crippen molar-refractivity contribution in [1.29, 1.82) is 0 Å². The van der Waals surface area contributed by atoms with Crippen molar-refractivity contribution in [3.8, 4) is 0 Å². The number of carbonyl (C=O) groups is 3. The zero-order valence-electron chi connectivity index (χ0n) is 26.3. The van der Waals surface area contributed by atoms with Gasteiger partial charge in [0, 0.05) is 50.9 Å². The number of likely N-dealkylation sites (tertiary alicyclic amines) is 2. The van der Waals surface area contributed by atoms with E-state index in [9.17, 15) is 27.6 Å². The predicted molar refractivity (Wildman–Crippen MR) is 172 cm³/mol. The van der Waals surface area contributed by atoms with Crippen LogP contribution in [0.2, 0.25) is 5.02 Å². The Morgan fingerprint density at radius 3 is 2.37 bits per heavy atom. The Morgan fingerprint density at radius 2 is 1.70 bits per heavy atom. The van der Waals surface area contributed by atoms with E-state index in [1.165, 1.54) is 6.07 Å². The van der Waals surface area contributed by atoms with Gasteiger partial charge in [-0.2, -0.15) is 13.2 Å². The number of hydrogen-bond acceptors (Lipinski definition) is 4. The molecular weight excluding hydrogens is 619 g/mol. The highest BCUT2D eigenvalue weighted by atomic mass is 35.5. The highest BCUT2D eigenvalue weighted by Gasteiger charge is 2.37. The lowest BCUT2D eigenvalue weighted by Crippen LogP contribution is -2.50. The Labute approximate surface area is 273 Å². The number of halogens is 4. The number of alkyl halides is 3. The van der Waals surface area contributed by atoms with Gasteiger partial charge in [-0.3, -0.25) is 9.59 Å². The predicted octanol–water partition coefficient (Wildman–Crippen LogP) is 6.61. The van der Waals surface area contributed by atoms with Gasteiger partial charge >= 0.3 is 12.2 Å². The van der Waals surface area contributed by atoms with Crippen molar-refractivity contribution in [3.63, 3.8) is 0 Å². The molecule has 2 aromatic carbocycles. The minimum absolute atomic E-state index is 0.0297. The van der Waals surface area contributed by atoms with E-state index in [1.807, 2.05) is 29.2 Å². The largest absolute Gasteiger partial charge is 0.418 e. The summed E-state index contributed by atoms with van der Waals surface area (Å²) in [5.74, 6) is -0.742. The SMILES string of the molecule is CCCC1CCN(C(=O)[C@H](CC(=O)N2CCC(N3CCc4ccccc4NC3=O)CC2)Cc2cc(Cl)c(N)c(C(F)(F)F)c2)CC1. The number of anilines is 2. The van der Waals surface area contributed by atoms with Crippen molar-refractivity contribution in [2.45, 2.75) is 76.9 Å². The zero-order chi connectivity index (χ0) is 33.0. The van der Waals surface area contributed by atoms with Gasteiger partial charge in [-0.1, -0.05) is 49.6 Å². The van der Waals surface area contributed by atoms with Gasteiger partial charge in [0.15, 0.2) is 0 Å². The van der Waals surface area contributed by atoms with Crippen molar-refractivity contribution in [2.75, 3.05) is 43.8 Å². The maximum atomic E-state index is 13.9. The summed E-state index contributed by atoms with van der Waals surface area (Å²) < 4.78 is 41.2. The number of benzene rings is 2. The van der Waals surface area contributed by atoms with Crippen LogP contribution in [0.3, 0.4) is 0 Å². The molecule has 8 nitrogen and oxygen atoms in total. The second-order valence-electron chi connectivity index (χ2n) is 12.8. The van der Waals surface area contributed by atoms with Gasteiger partial charge in [-0.15, -0.1) is 0 Å². The Kier molecular flexibility index (Phi) is 10.7. The van der Waals surface area contributed by atoms with Crippen LogP contribution in [0, 0.1) is 11.8 Å². The first-order chi connectivity index (χ1) is 21.9. The summed E-state index contributed by atoms with van der Waals surface area (Å²) in [5.41, 5.74) is 6.16. The first-order valence-electron chi connectivity index (χ1n) is 16.3. The molecule has 3 aliphatic heterocycles. The topological polar surface area (TPSA) is 99.0 Å². The summed E-state index contributed by atoms with van der Waals surface area (Å²) in [6.45, 7) is 4.70. The fourth-order valence-electron chi connectivity index (χ4n) is 7.17. The third-order valence-electron chi connectivity index (χ3n) is 9.77. The standard InChI is InChI=1S/C34H43ClF3N5O3/c1-2-5-22-8-13-42(14-9-22)32(45)25(18-23-19-27(34(36,37)38)31(39)28(35)20-23)21-30(44)41-15-11-26(12-16-41)43-17-10-24-6-3-4-7-29(24)40-33(43)46/h3-4,6-7,19-20,22,25-26H,2,5,8-18,21,39H2,1H3,(H,40,46)/t25-/m0/s1. The van der Waals surface area contributed by atoms with Gasteiger partial charge < -0.3 is 25.8 Å². The van der Waals surface area contributed by atoms with Gasteiger partial charge in [0.05, 0.1) is 22.2 Å². The maximum Gasteiger partial charge on any atom is 0.418 e. The smallest absolute Gasteiger partial charge is 0.397 e. The van der Waals surface area contributed by atoms with E-state index in [2.05, 4.69) is 12.2 Å².